The molecule has 1 rings (SSSR count). The molecule has 0 radical (unpaired) electrons. The molecule has 0 spiro atoms. The second-order valence-electron chi connectivity index (χ2n) is 4.65. The number of benzene rings is 1. The van der Waals surface area contributed by atoms with E-state index in [0.717, 1.165) is 12.1 Å². The summed E-state index contributed by atoms with van der Waals surface area (Å²) in [6.07, 6.45) is -4.43. The van der Waals surface area contributed by atoms with Crippen molar-refractivity contribution in [1.82, 2.24) is 0 Å². The van der Waals surface area contributed by atoms with E-state index in [0.29, 0.717) is 12.5 Å². The predicted octanol–water partition coefficient (Wildman–Crippen LogP) is 2.94. The Balaban J connectivity index is 3.10. The van der Waals surface area contributed by atoms with Crippen molar-refractivity contribution in [3.05, 3.63) is 29.3 Å². The Bertz CT molecular complexity index is 495. The lowest BCUT2D eigenvalue weighted by Crippen LogP contribution is -2.31. The Morgan fingerprint density at radius 2 is 1.95 bits per heavy atom. The van der Waals surface area contributed by atoms with Crippen molar-refractivity contribution in [2.24, 2.45) is 0 Å². The second-order valence-corrected chi connectivity index (χ2v) is 4.65. The first-order valence-electron chi connectivity index (χ1n) is 5.86. The van der Waals surface area contributed by atoms with Crippen LogP contribution in [0.3, 0.4) is 0 Å². The average Bonchev–Trinajstić information content (AvgIpc) is 2.35. The van der Waals surface area contributed by atoms with Crippen LogP contribution < -0.4 is 4.74 Å². The molecule has 0 aliphatic carbocycles. The Kier molecular flexibility index (Phi) is 4.65. The molecule has 1 aromatic rings. The summed E-state index contributed by atoms with van der Waals surface area (Å²) in [5, 5.41) is 18.4. The fourth-order valence-electron chi connectivity index (χ4n) is 1.35. The van der Waals surface area contributed by atoms with Gasteiger partial charge in [0.05, 0.1) is 16.7 Å². The fraction of sp³-hybridized carbons (Fsp3) is 0.462. The molecule has 20 heavy (non-hydrogen) atoms. The van der Waals surface area contributed by atoms with Gasteiger partial charge < -0.3 is 14.9 Å². The number of aromatic carboxylic acids is 1. The first kappa shape index (κ1) is 16.3. The van der Waals surface area contributed by atoms with Crippen LogP contribution in [0.2, 0.25) is 0 Å². The summed E-state index contributed by atoms with van der Waals surface area (Å²) in [6, 6.07) is 2.48. The van der Waals surface area contributed by atoms with Crippen molar-refractivity contribution in [1.29, 1.82) is 0 Å². The molecule has 0 amide bonds. The molecule has 0 heterocycles. The summed E-state index contributed by atoms with van der Waals surface area (Å²) in [7, 11) is 0. The highest BCUT2D eigenvalue weighted by Gasteiger charge is 2.35. The maximum atomic E-state index is 12.9. The van der Waals surface area contributed by atoms with Crippen LogP contribution in [0.4, 0.5) is 13.2 Å². The van der Waals surface area contributed by atoms with Gasteiger partial charge in [0.25, 0.3) is 0 Å². The minimum absolute atomic E-state index is 0.307. The SMILES string of the molecule is CCC(C)(O)COc1ccc(C(=O)O)cc1C(F)(F)F. The zero-order chi connectivity index (χ0) is 15.6. The third-order valence-electron chi connectivity index (χ3n) is 2.83. The molecule has 0 saturated heterocycles. The molecule has 2 N–H and O–H groups in total. The van der Waals surface area contributed by atoms with Crippen LogP contribution in [0.5, 0.6) is 5.75 Å². The largest absolute Gasteiger partial charge is 0.490 e. The lowest BCUT2D eigenvalue weighted by atomic mass is 10.1. The number of halogens is 3. The molecule has 0 aromatic heterocycles. The summed E-state index contributed by atoms with van der Waals surface area (Å²) in [5.74, 6) is -1.96. The quantitative estimate of drug-likeness (QED) is 0.875. The number of ether oxygens (including phenoxy) is 1. The molecule has 112 valence electrons. The third kappa shape index (κ3) is 4.12. The number of hydrogen-bond acceptors (Lipinski definition) is 3. The van der Waals surface area contributed by atoms with Gasteiger partial charge in [0.15, 0.2) is 0 Å². The molecule has 4 nitrogen and oxygen atoms in total. The van der Waals surface area contributed by atoms with Crippen LogP contribution in [0.1, 0.15) is 36.2 Å². The van der Waals surface area contributed by atoms with Gasteiger partial charge in [-0.15, -0.1) is 0 Å². The topological polar surface area (TPSA) is 66.8 Å². The van der Waals surface area contributed by atoms with Crippen LogP contribution in [-0.2, 0) is 6.18 Å². The van der Waals surface area contributed by atoms with E-state index in [2.05, 4.69) is 0 Å². The van der Waals surface area contributed by atoms with Crippen molar-refractivity contribution in [2.45, 2.75) is 32.0 Å². The Hall–Kier alpha value is -1.76. The highest BCUT2D eigenvalue weighted by molar-refractivity contribution is 5.88. The normalized spacial score (nSPS) is 14.7. The van der Waals surface area contributed by atoms with Gasteiger partial charge in [-0.05, 0) is 31.5 Å². The molecule has 1 atom stereocenters. The van der Waals surface area contributed by atoms with Crippen molar-refractivity contribution >= 4 is 5.97 Å². The summed E-state index contributed by atoms with van der Waals surface area (Å²) in [5.41, 5.74) is -2.91. The lowest BCUT2D eigenvalue weighted by Gasteiger charge is -2.23. The number of carbonyl (C=O) groups is 1. The first-order valence-corrected chi connectivity index (χ1v) is 5.86. The van der Waals surface area contributed by atoms with Gasteiger partial charge in [0.1, 0.15) is 12.4 Å². The summed E-state index contributed by atoms with van der Waals surface area (Å²) in [6.45, 7) is 2.78. The van der Waals surface area contributed by atoms with E-state index in [9.17, 15) is 23.1 Å². The lowest BCUT2D eigenvalue weighted by molar-refractivity contribution is -0.139. The van der Waals surface area contributed by atoms with Crippen molar-refractivity contribution in [3.63, 3.8) is 0 Å². The molecule has 0 saturated carbocycles. The highest BCUT2D eigenvalue weighted by atomic mass is 19.4. The van der Waals surface area contributed by atoms with E-state index in [1.54, 1.807) is 6.92 Å². The standard InChI is InChI=1S/C13H15F3O4/c1-3-12(2,19)7-20-10-5-4-8(11(17)18)6-9(10)13(14,15)16/h4-6,19H,3,7H2,1-2H3,(H,17,18). The number of hydrogen-bond donors (Lipinski definition) is 2. The summed E-state index contributed by atoms with van der Waals surface area (Å²) < 4.78 is 43.6. The summed E-state index contributed by atoms with van der Waals surface area (Å²) >= 11 is 0. The van der Waals surface area contributed by atoms with Crippen LogP contribution in [0.25, 0.3) is 0 Å². The van der Waals surface area contributed by atoms with Gasteiger partial charge in [-0.1, -0.05) is 6.92 Å². The van der Waals surface area contributed by atoms with Gasteiger partial charge in [-0.3, -0.25) is 0 Å². The second kappa shape index (κ2) is 5.70. The monoisotopic (exact) mass is 292 g/mol. The molecule has 0 bridgehead atoms. The van der Waals surface area contributed by atoms with Crippen LogP contribution in [-0.4, -0.2) is 28.4 Å². The minimum Gasteiger partial charge on any atom is -0.490 e. The molecule has 0 aliphatic rings. The van der Waals surface area contributed by atoms with Gasteiger partial charge in [-0.2, -0.15) is 13.2 Å². The Morgan fingerprint density at radius 3 is 2.40 bits per heavy atom. The van der Waals surface area contributed by atoms with Gasteiger partial charge >= 0.3 is 12.1 Å². The number of alkyl halides is 3. The molecule has 0 fully saturated rings. The smallest absolute Gasteiger partial charge is 0.419 e. The number of rotatable bonds is 5. The van der Waals surface area contributed by atoms with E-state index < -0.39 is 34.6 Å². The predicted molar refractivity (Wildman–Crippen MR) is 64.8 cm³/mol. The van der Waals surface area contributed by atoms with E-state index in [1.165, 1.54) is 6.92 Å². The number of carboxylic acid groups (broad SMARTS) is 1. The van der Waals surface area contributed by atoms with Crippen LogP contribution in [0.15, 0.2) is 18.2 Å². The molecular formula is C13H15F3O4. The molecular weight excluding hydrogens is 277 g/mol. The van der Waals surface area contributed by atoms with E-state index >= 15 is 0 Å². The zero-order valence-electron chi connectivity index (χ0n) is 11.0. The Morgan fingerprint density at radius 1 is 1.35 bits per heavy atom. The van der Waals surface area contributed by atoms with E-state index in [4.69, 9.17) is 9.84 Å². The maximum absolute atomic E-state index is 12.9. The van der Waals surface area contributed by atoms with Crippen LogP contribution in [0, 0.1) is 0 Å². The maximum Gasteiger partial charge on any atom is 0.419 e. The number of aliphatic hydroxyl groups is 1. The van der Waals surface area contributed by atoms with Gasteiger partial charge in [0, 0.05) is 0 Å². The van der Waals surface area contributed by atoms with Crippen LogP contribution >= 0.6 is 0 Å². The summed E-state index contributed by atoms with van der Waals surface area (Å²) in [4.78, 5) is 10.7. The first-order chi connectivity index (χ1) is 9.07. The highest BCUT2D eigenvalue weighted by Crippen LogP contribution is 2.37. The molecule has 1 unspecified atom stereocenters. The number of carboxylic acids is 1. The molecule has 1 aromatic carbocycles. The molecule has 0 aliphatic heterocycles. The zero-order valence-corrected chi connectivity index (χ0v) is 11.0. The fourth-order valence-corrected chi connectivity index (χ4v) is 1.35. The third-order valence-corrected chi connectivity index (χ3v) is 2.83. The van der Waals surface area contributed by atoms with Crippen molar-refractivity contribution in [2.75, 3.05) is 6.61 Å². The van der Waals surface area contributed by atoms with Gasteiger partial charge in [-0.25, -0.2) is 4.79 Å². The average molecular weight is 292 g/mol. The van der Waals surface area contributed by atoms with E-state index in [1.807, 2.05) is 0 Å². The van der Waals surface area contributed by atoms with E-state index in [-0.39, 0.29) is 6.61 Å². The molecule has 7 heteroatoms. The minimum atomic E-state index is -4.74. The van der Waals surface area contributed by atoms with Crippen molar-refractivity contribution in [3.8, 4) is 5.75 Å². The van der Waals surface area contributed by atoms with Gasteiger partial charge in [0.2, 0.25) is 0 Å². The van der Waals surface area contributed by atoms with Crippen molar-refractivity contribution < 1.29 is 32.9 Å². The Labute approximate surface area is 113 Å².